The molecular formula is C19H14N4O7. The predicted octanol–water partition coefficient (Wildman–Crippen LogP) is 2.20. The van der Waals surface area contributed by atoms with E-state index in [9.17, 15) is 34.6 Å². The second-order valence-corrected chi connectivity index (χ2v) is 6.42. The van der Waals surface area contributed by atoms with Crippen LogP contribution in [-0.2, 0) is 4.79 Å². The number of hydrogen-bond acceptors (Lipinski definition) is 8. The normalized spacial score (nSPS) is 12.5. The minimum atomic E-state index is -0.861. The number of aryl methyl sites for hydroxylation is 1. The van der Waals surface area contributed by atoms with Gasteiger partial charge >= 0.3 is 0 Å². The van der Waals surface area contributed by atoms with E-state index in [1.165, 1.54) is 26.0 Å². The first-order chi connectivity index (χ1) is 14.2. The van der Waals surface area contributed by atoms with Crippen molar-refractivity contribution in [1.29, 1.82) is 5.26 Å². The van der Waals surface area contributed by atoms with Crippen LogP contribution in [0.4, 0.5) is 11.6 Å². The summed E-state index contributed by atoms with van der Waals surface area (Å²) in [5.74, 6) is -2.72. The van der Waals surface area contributed by atoms with Gasteiger partial charge in [-0.3, -0.25) is 39.5 Å². The average molecular weight is 410 g/mol. The smallest absolute Gasteiger partial charge is 0.282 e. The number of nitro groups is 1. The van der Waals surface area contributed by atoms with Crippen LogP contribution in [-0.4, -0.2) is 39.9 Å². The molecule has 11 nitrogen and oxygen atoms in total. The zero-order chi connectivity index (χ0) is 22.2. The SMILES string of the molecule is CC(=O)c1c(C)oc(NC(=O)CCN2C(=O)c3cccc([N+](=O)[O-])c3C2=O)c1C#N. The summed E-state index contributed by atoms with van der Waals surface area (Å²) in [5.41, 5.74) is -0.967. The summed E-state index contributed by atoms with van der Waals surface area (Å²) >= 11 is 0. The van der Waals surface area contributed by atoms with Crippen molar-refractivity contribution in [3.63, 3.8) is 0 Å². The number of imide groups is 1. The highest BCUT2D eigenvalue weighted by atomic mass is 16.6. The number of rotatable bonds is 6. The Morgan fingerprint density at radius 2 is 2.00 bits per heavy atom. The van der Waals surface area contributed by atoms with E-state index in [2.05, 4.69) is 5.32 Å². The van der Waals surface area contributed by atoms with Gasteiger partial charge in [0.25, 0.3) is 17.5 Å². The second-order valence-electron chi connectivity index (χ2n) is 6.42. The minimum absolute atomic E-state index is 0.0560. The van der Waals surface area contributed by atoms with Crippen LogP contribution < -0.4 is 5.32 Å². The molecule has 0 saturated heterocycles. The molecule has 3 amide bonds. The molecule has 1 N–H and O–H groups in total. The highest BCUT2D eigenvalue weighted by molar-refractivity contribution is 6.23. The Hall–Kier alpha value is -4.33. The summed E-state index contributed by atoms with van der Waals surface area (Å²) in [7, 11) is 0. The highest BCUT2D eigenvalue weighted by Crippen LogP contribution is 2.31. The van der Waals surface area contributed by atoms with E-state index in [0.717, 1.165) is 11.0 Å². The van der Waals surface area contributed by atoms with Gasteiger partial charge in [0, 0.05) is 19.0 Å². The van der Waals surface area contributed by atoms with Crippen LogP contribution in [0.5, 0.6) is 0 Å². The third-order valence-electron chi connectivity index (χ3n) is 4.54. The van der Waals surface area contributed by atoms with Gasteiger partial charge in [-0.2, -0.15) is 5.26 Å². The lowest BCUT2D eigenvalue weighted by atomic mass is 10.1. The van der Waals surface area contributed by atoms with E-state index < -0.39 is 34.1 Å². The zero-order valence-electron chi connectivity index (χ0n) is 15.8. The number of carbonyl (C=O) groups is 4. The van der Waals surface area contributed by atoms with Gasteiger partial charge in [0.05, 0.1) is 16.1 Å². The summed E-state index contributed by atoms with van der Waals surface area (Å²) in [5, 5.41) is 22.7. The molecule has 11 heteroatoms. The molecule has 0 fully saturated rings. The summed E-state index contributed by atoms with van der Waals surface area (Å²) in [6.07, 6.45) is -0.348. The van der Waals surface area contributed by atoms with Crippen molar-refractivity contribution in [1.82, 2.24) is 4.90 Å². The summed E-state index contributed by atoms with van der Waals surface area (Å²) in [6.45, 7) is 2.39. The number of furan rings is 1. The first kappa shape index (κ1) is 20.4. The van der Waals surface area contributed by atoms with Crippen molar-refractivity contribution in [2.24, 2.45) is 0 Å². The van der Waals surface area contributed by atoms with Gasteiger partial charge in [-0.25, -0.2) is 0 Å². The van der Waals surface area contributed by atoms with Crippen molar-refractivity contribution in [3.05, 3.63) is 56.3 Å². The quantitative estimate of drug-likeness (QED) is 0.328. The molecule has 1 aliphatic rings. The molecule has 0 aliphatic carbocycles. The van der Waals surface area contributed by atoms with E-state index in [4.69, 9.17) is 4.42 Å². The molecule has 1 aromatic heterocycles. The number of nitro benzene ring substituents is 1. The van der Waals surface area contributed by atoms with Crippen LogP contribution in [0.25, 0.3) is 0 Å². The Kier molecular flexibility index (Phi) is 5.16. The Bertz CT molecular complexity index is 1170. The van der Waals surface area contributed by atoms with Gasteiger partial charge in [-0.05, 0) is 19.9 Å². The second kappa shape index (κ2) is 7.59. The number of nitriles is 1. The minimum Gasteiger partial charge on any atom is -0.443 e. The number of nitrogens with zero attached hydrogens (tertiary/aromatic N) is 3. The first-order valence-corrected chi connectivity index (χ1v) is 8.65. The predicted molar refractivity (Wildman–Crippen MR) is 99.9 cm³/mol. The number of ketones is 1. The number of Topliss-reactive ketones (excluding diaryl/α,β-unsaturated/α-hetero) is 1. The lowest BCUT2D eigenvalue weighted by molar-refractivity contribution is -0.385. The number of hydrogen-bond donors (Lipinski definition) is 1. The molecule has 2 heterocycles. The van der Waals surface area contributed by atoms with Crippen molar-refractivity contribution in [3.8, 4) is 6.07 Å². The topological polar surface area (TPSA) is 164 Å². The van der Waals surface area contributed by atoms with Crippen LogP contribution in [0, 0.1) is 28.4 Å². The summed E-state index contributed by atoms with van der Waals surface area (Å²) < 4.78 is 5.28. The molecule has 0 saturated carbocycles. The maximum atomic E-state index is 12.5. The molecule has 1 aromatic carbocycles. The van der Waals surface area contributed by atoms with Gasteiger partial charge in [0.15, 0.2) is 5.78 Å². The molecule has 0 unspecified atom stereocenters. The molecule has 2 aromatic rings. The van der Waals surface area contributed by atoms with Crippen LogP contribution in [0.1, 0.15) is 55.7 Å². The van der Waals surface area contributed by atoms with Crippen molar-refractivity contribution < 1.29 is 28.5 Å². The van der Waals surface area contributed by atoms with E-state index >= 15 is 0 Å². The van der Waals surface area contributed by atoms with Crippen LogP contribution in [0.2, 0.25) is 0 Å². The summed E-state index contributed by atoms with van der Waals surface area (Å²) in [4.78, 5) is 60.0. The third-order valence-corrected chi connectivity index (χ3v) is 4.54. The fourth-order valence-corrected chi connectivity index (χ4v) is 3.24. The van der Waals surface area contributed by atoms with E-state index in [0.29, 0.717) is 0 Å². The van der Waals surface area contributed by atoms with Crippen LogP contribution in [0.3, 0.4) is 0 Å². The lowest BCUT2D eigenvalue weighted by Crippen LogP contribution is -2.33. The van der Waals surface area contributed by atoms with E-state index in [1.807, 2.05) is 0 Å². The molecule has 0 atom stereocenters. The highest BCUT2D eigenvalue weighted by Gasteiger charge is 2.40. The number of carbonyl (C=O) groups excluding carboxylic acids is 4. The van der Waals surface area contributed by atoms with Crippen LogP contribution >= 0.6 is 0 Å². The van der Waals surface area contributed by atoms with Crippen molar-refractivity contribution in [2.45, 2.75) is 20.3 Å². The van der Waals surface area contributed by atoms with E-state index in [-0.39, 0.29) is 46.9 Å². The Labute approximate surface area is 169 Å². The number of fused-ring (bicyclic) bond motifs is 1. The fourth-order valence-electron chi connectivity index (χ4n) is 3.24. The molecule has 152 valence electrons. The molecule has 30 heavy (non-hydrogen) atoms. The number of amides is 3. The van der Waals surface area contributed by atoms with Gasteiger partial charge in [-0.15, -0.1) is 0 Å². The lowest BCUT2D eigenvalue weighted by Gasteiger charge is -2.13. The molecular weight excluding hydrogens is 396 g/mol. The van der Waals surface area contributed by atoms with Gasteiger partial charge < -0.3 is 4.42 Å². The molecule has 0 spiro atoms. The van der Waals surface area contributed by atoms with Gasteiger partial charge in [0.1, 0.15) is 23.0 Å². The van der Waals surface area contributed by atoms with Crippen molar-refractivity contribution in [2.75, 3.05) is 11.9 Å². The molecule has 0 radical (unpaired) electrons. The first-order valence-electron chi connectivity index (χ1n) is 8.65. The van der Waals surface area contributed by atoms with E-state index in [1.54, 1.807) is 6.07 Å². The number of nitrogens with one attached hydrogen (secondary N) is 1. The monoisotopic (exact) mass is 410 g/mol. The van der Waals surface area contributed by atoms with Gasteiger partial charge in [0.2, 0.25) is 11.8 Å². The Morgan fingerprint density at radius 3 is 2.60 bits per heavy atom. The van der Waals surface area contributed by atoms with Crippen molar-refractivity contribution >= 4 is 35.1 Å². The number of anilines is 1. The fraction of sp³-hybridized carbons (Fsp3) is 0.211. The molecule has 3 rings (SSSR count). The largest absolute Gasteiger partial charge is 0.443 e. The number of benzene rings is 1. The maximum Gasteiger partial charge on any atom is 0.282 e. The molecule has 1 aliphatic heterocycles. The maximum absolute atomic E-state index is 12.5. The molecule has 0 bridgehead atoms. The zero-order valence-corrected chi connectivity index (χ0v) is 15.8. The van der Waals surface area contributed by atoms with Crippen LogP contribution in [0.15, 0.2) is 22.6 Å². The standard InChI is InChI=1S/C19H14N4O7/c1-9(24)15-10(2)30-17(12(15)8-20)21-14(25)6-7-22-18(26)11-4-3-5-13(23(28)29)16(11)19(22)27/h3-5H,6-7H2,1-2H3,(H,21,25). The van der Waals surface area contributed by atoms with Gasteiger partial charge in [-0.1, -0.05) is 6.07 Å². The Morgan fingerprint density at radius 1 is 1.30 bits per heavy atom. The third kappa shape index (κ3) is 3.30. The average Bonchev–Trinajstić information content (AvgIpc) is 3.13. The summed E-state index contributed by atoms with van der Waals surface area (Å²) in [6, 6.07) is 5.52. The Balaban J connectivity index is 1.74.